The first-order valence-corrected chi connectivity index (χ1v) is 5.40. The lowest BCUT2D eigenvalue weighted by molar-refractivity contribution is 0.413. The smallest absolute Gasteiger partial charge is 0.119 e. The molecule has 0 aliphatic heterocycles. The van der Waals surface area contributed by atoms with Crippen LogP contribution in [0.5, 0.6) is 5.75 Å². The molecule has 0 N–H and O–H groups in total. The summed E-state index contributed by atoms with van der Waals surface area (Å²) in [6.07, 6.45) is 3.44. The Balaban J connectivity index is 2.60. The van der Waals surface area contributed by atoms with Crippen LogP contribution in [0.4, 0.5) is 0 Å². The summed E-state index contributed by atoms with van der Waals surface area (Å²) in [6.45, 7) is 6.76. The van der Waals surface area contributed by atoms with Gasteiger partial charge in [-0.1, -0.05) is 26.0 Å². The second kappa shape index (κ2) is 3.41. The lowest BCUT2D eigenvalue weighted by Gasteiger charge is -2.31. The minimum atomic E-state index is 0.251. The van der Waals surface area contributed by atoms with Crippen molar-refractivity contribution in [3.8, 4) is 5.75 Å². The Morgan fingerprint density at radius 2 is 2.00 bits per heavy atom. The van der Waals surface area contributed by atoms with Crippen LogP contribution in [0.2, 0.25) is 0 Å². The molecular weight excluding hydrogens is 184 g/mol. The van der Waals surface area contributed by atoms with Crippen LogP contribution in [-0.2, 0) is 5.41 Å². The highest BCUT2D eigenvalue weighted by Crippen LogP contribution is 2.39. The second-order valence-electron chi connectivity index (χ2n) is 4.89. The summed E-state index contributed by atoms with van der Waals surface area (Å²) in [7, 11) is 1.72. The van der Waals surface area contributed by atoms with Gasteiger partial charge in [0.15, 0.2) is 0 Å². The Morgan fingerprint density at radius 1 is 1.27 bits per heavy atom. The zero-order valence-corrected chi connectivity index (χ0v) is 9.92. The van der Waals surface area contributed by atoms with Crippen LogP contribution in [0.3, 0.4) is 0 Å². The summed E-state index contributed by atoms with van der Waals surface area (Å²) >= 11 is 0. The molecule has 0 heterocycles. The minimum absolute atomic E-state index is 0.251. The molecule has 0 amide bonds. The average Bonchev–Trinajstić information content (AvgIpc) is 2.23. The van der Waals surface area contributed by atoms with Crippen molar-refractivity contribution in [1.82, 2.24) is 0 Å². The molecule has 80 valence electrons. The topological polar surface area (TPSA) is 9.23 Å². The van der Waals surface area contributed by atoms with Gasteiger partial charge < -0.3 is 4.74 Å². The van der Waals surface area contributed by atoms with Crippen LogP contribution in [0.15, 0.2) is 24.3 Å². The Kier molecular flexibility index (Phi) is 2.34. The van der Waals surface area contributed by atoms with Crippen LogP contribution < -0.4 is 4.74 Å². The summed E-state index contributed by atoms with van der Waals surface area (Å²) in [6, 6.07) is 6.39. The molecule has 1 aromatic rings. The van der Waals surface area contributed by atoms with Gasteiger partial charge in [0.05, 0.1) is 7.11 Å². The van der Waals surface area contributed by atoms with Crippen molar-refractivity contribution in [2.45, 2.75) is 32.6 Å². The predicted octanol–water partition coefficient (Wildman–Crippen LogP) is 3.78. The van der Waals surface area contributed by atoms with Crippen molar-refractivity contribution in [2.75, 3.05) is 7.11 Å². The maximum Gasteiger partial charge on any atom is 0.119 e. The molecule has 0 atom stereocenters. The summed E-state index contributed by atoms with van der Waals surface area (Å²) < 4.78 is 5.27. The van der Waals surface area contributed by atoms with E-state index in [1.165, 1.54) is 16.7 Å². The predicted molar refractivity (Wildman–Crippen MR) is 64.3 cm³/mol. The van der Waals surface area contributed by atoms with E-state index in [-0.39, 0.29) is 5.41 Å². The molecule has 2 rings (SSSR count). The monoisotopic (exact) mass is 202 g/mol. The summed E-state index contributed by atoms with van der Waals surface area (Å²) in [5.41, 5.74) is 4.39. The van der Waals surface area contributed by atoms with Crippen molar-refractivity contribution in [1.29, 1.82) is 0 Å². The molecule has 0 spiro atoms. The van der Waals surface area contributed by atoms with Gasteiger partial charge in [0.25, 0.3) is 0 Å². The number of hydrogen-bond acceptors (Lipinski definition) is 1. The van der Waals surface area contributed by atoms with Crippen LogP contribution in [-0.4, -0.2) is 7.11 Å². The van der Waals surface area contributed by atoms with Gasteiger partial charge in [0.2, 0.25) is 0 Å². The average molecular weight is 202 g/mol. The Labute approximate surface area is 91.8 Å². The van der Waals surface area contributed by atoms with Crippen LogP contribution in [0.25, 0.3) is 5.57 Å². The van der Waals surface area contributed by atoms with E-state index in [9.17, 15) is 0 Å². The largest absolute Gasteiger partial charge is 0.497 e. The van der Waals surface area contributed by atoms with Gasteiger partial charge >= 0.3 is 0 Å². The molecule has 0 saturated heterocycles. The molecule has 0 unspecified atom stereocenters. The Hall–Kier alpha value is -1.24. The van der Waals surface area contributed by atoms with E-state index in [1.54, 1.807) is 7.11 Å². The van der Waals surface area contributed by atoms with Gasteiger partial charge in [-0.25, -0.2) is 0 Å². The van der Waals surface area contributed by atoms with Gasteiger partial charge in [-0.3, -0.25) is 0 Å². The fourth-order valence-electron chi connectivity index (χ4n) is 2.19. The fourth-order valence-corrected chi connectivity index (χ4v) is 2.19. The van der Waals surface area contributed by atoms with Gasteiger partial charge in [0.1, 0.15) is 5.75 Å². The maximum absolute atomic E-state index is 5.27. The van der Waals surface area contributed by atoms with E-state index in [2.05, 4.69) is 45.0 Å². The summed E-state index contributed by atoms with van der Waals surface area (Å²) in [5, 5.41) is 0. The van der Waals surface area contributed by atoms with Crippen LogP contribution >= 0.6 is 0 Å². The number of allylic oxidation sites excluding steroid dienone is 2. The molecule has 1 aromatic carbocycles. The van der Waals surface area contributed by atoms with Gasteiger partial charge in [-0.05, 0) is 47.6 Å². The van der Waals surface area contributed by atoms with Crippen molar-refractivity contribution >= 4 is 5.57 Å². The number of hydrogen-bond donors (Lipinski definition) is 0. The Bertz CT molecular complexity index is 413. The first-order valence-electron chi connectivity index (χ1n) is 5.40. The maximum atomic E-state index is 5.27. The first kappa shape index (κ1) is 10.3. The standard InChI is InChI=1S/C14H18O/c1-10-7-8-14(2,3)13-6-5-11(15-4)9-12(10)13/h5-7,9H,8H2,1-4H3. The molecule has 1 heteroatoms. The molecule has 1 aliphatic rings. The summed E-state index contributed by atoms with van der Waals surface area (Å²) in [4.78, 5) is 0. The minimum Gasteiger partial charge on any atom is -0.497 e. The van der Waals surface area contributed by atoms with E-state index >= 15 is 0 Å². The highest BCUT2D eigenvalue weighted by molar-refractivity contribution is 5.71. The molecule has 0 fully saturated rings. The van der Waals surface area contributed by atoms with Crippen molar-refractivity contribution in [2.24, 2.45) is 0 Å². The normalized spacial score (nSPS) is 18.0. The number of methoxy groups -OCH3 is 1. The third-order valence-corrected chi connectivity index (χ3v) is 3.30. The van der Waals surface area contributed by atoms with Crippen molar-refractivity contribution < 1.29 is 4.74 Å². The molecular formula is C14H18O. The number of rotatable bonds is 1. The zero-order valence-electron chi connectivity index (χ0n) is 9.92. The zero-order chi connectivity index (χ0) is 11.1. The molecule has 1 aliphatic carbocycles. The van der Waals surface area contributed by atoms with E-state index in [0.717, 1.165) is 12.2 Å². The molecule has 0 saturated carbocycles. The highest BCUT2D eigenvalue weighted by atomic mass is 16.5. The van der Waals surface area contributed by atoms with E-state index in [0.29, 0.717) is 0 Å². The van der Waals surface area contributed by atoms with Crippen molar-refractivity contribution in [3.63, 3.8) is 0 Å². The lowest BCUT2D eigenvalue weighted by Crippen LogP contribution is -2.21. The third kappa shape index (κ3) is 1.67. The summed E-state index contributed by atoms with van der Waals surface area (Å²) in [5.74, 6) is 0.944. The van der Waals surface area contributed by atoms with Gasteiger partial charge in [-0.2, -0.15) is 0 Å². The quantitative estimate of drug-likeness (QED) is 0.673. The van der Waals surface area contributed by atoms with Crippen LogP contribution in [0.1, 0.15) is 38.3 Å². The molecule has 15 heavy (non-hydrogen) atoms. The molecule has 1 nitrogen and oxygen atoms in total. The number of fused-ring (bicyclic) bond motifs is 1. The molecule has 0 bridgehead atoms. The Morgan fingerprint density at radius 3 is 2.67 bits per heavy atom. The molecule has 0 aromatic heterocycles. The molecule has 0 radical (unpaired) electrons. The third-order valence-electron chi connectivity index (χ3n) is 3.30. The second-order valence-corrected chi connectivity index (χ2v) is 4.89. The van der Waals surface area contributed by atoms with Crippen LogP contribution in [0, 0.1) is 0 Å². The van der Waals surface area contributed by atoms with E-state index in [4.69, 9.17) is 4.74 Å². The lowest BCUT2D eigenvalue weighted by atomic mass is 9.74. The van der Waals surface area contributed by atoms with E-state index in [1.807, 2.05) is 0 Å². The number of benzene rings is 1. The van der Waals surface area contributed by atoms with E-state index < -0.39 is 0 Å². The SMILES string of the molecule is COc1ccc2c(c1)C(C)=CCC2(C)C. The van der Waals surface area contributed by atoms with Gasteiger partial charge in [0, 0.05) is 0 Å². The number of ether oxygens (including phenoxy) is 1. The van der Waals surface area contributed by atoms with Crippen molar-refractivity contribution in [3.05, 3.63) is 35.4 Å². The van der Waals surface area contributed by atoms with Gasteiger partial charge in [-0.15, -0.1) is 0 Å². The fraction of sp³-hybridized carbons (Fsp3) is 0.429. The first-order chi connectivity index (χ1) is 7.04. The highest BCUT2D eigenvalue weighted by Gasteiger charge is 2.26.